The van der Waals surface area contributed by atoms with Crippen molar-refractivity contribution < 1.29 is 24.2 Å². The Hall–Kier alpha value is -2.90. The molecule has 0 aromatic heterocycles. The molecule has 0 saturated carbocycles. The molecule has 0 fully saturated rings. The quantitative estimate of drug-likeness (QED) is 0.318. The summed E-state index contributed by atoms with van der Waals surface area (Å²) in [6.07, 6.45) is 4.37. The van der Waals surface area contributed by atoms with Crippen LogP contribution in [0.4, 0.5) is 10.5 Å². The Morgan fingerprint density at radius 2 is 1.79 bits per heavy atom. The first-order valence-electron chi connectivity index (χ1n) is 9.29. The van der Waals surface area contributed by atoms with Crippen molar-refractivity contribution in [2.45, 2.75) is 64.9 Å². The van der Waals surface area contributed by atoms with Gasteiger partial charge in [-0.15, -0.1) is 0 Å². The van der Waals surface area contributed by atoms with Crippen LogP contribution >= 0.6 is 0 Å². The molecule has 1 aromatic rings. The first-order valence-corrected chi connectivity index (χ1v) is 9.29. The van der Waals surface area contributed by atoms with Gasteiger partial charge in [-0.05, 0) is 51.3 Å². The molecule has 0 aliphatic heterocycles. The number of carboxylic acid groups (broad SMARTS) is 1. The van der Waals surface area contributed by atoms with Crippen LogP contribution in [0, 0.1) is 0 Å². The van der Waals surface area contributed by atoms with Crippen LogP contribution in [-0.2, 0) is 14.3 Å². The van der Waals surface area contributed by atoms with Gasteiger partial charge in [0, 0.05) is 18.5 Å². The third-order valence-corrected chi connectivity index (χ3v) is 3.48. The normalized spacial score (nSPS) is 11.2. The van der Waals surface area contributed by atoms with Crippen LogP contribution < -0.4 is 10.7 Å². The van der Waals surface area contributed by atoms with Gasteiger partial charge in [-0.2, -0.15) is 5.10 Å². The Kier molecular flexibility index (Phi) is 9.70. The van der Waals surface area contributed by atoms with Crippen molar-refractivity contribution in [3.05, 3.63) is 29.8 Å². The third-order valence-electron chi connectivity index (χ3n) is 3.48. The van der Waals surface area contributed by atoms with Crippen molar-refractivity contribution in [3.8, 4) is 0 Å². The first kappa shape index (κ1) is 23.1. The predicted molar refractivity (Wildman–Crippen MR) is 107 cm³/mol. The number of carbonyl (C=O) groups excluding carboxylic acids is 2. The molecule has 0 unspecified atom stereocenters. The minimum absolute atomic E-state index is 0.165. The summed E-state index contributed by atoms with van der Waals surface area (Å²) >= 11 is 0. The van der Waals surface area contributed by atoms with E-state index in [0.29, 0.717) is 30.5 Å². The van der Waals surface area contributed by atoms with Gasteiger partial charge < -0.3 is 9.84 Å². The number of hydrogen-bond donors (Lipinski definition) is 3. The zero-order valence-corrected chi connectivity index (χ0v) is 16.7. The highest BCUT2D eigenvalue weighted by Gasteiger charge is 2.16. The van der Waals surface area contributed by atoms with Crippen LogP contribution in [0.15, 0.2) is 29.4 Å². The fraction of sp³-hybridized carbons (Fsp3) is 0.500. The van der Waals surface area contributed by atoms with Crippen molar-refractivity contribution >= 4 is 29.9 Å². The van der Waals surface area contributed by atoms with E-state index in [2.05, 4.69) is 15.8 Å². The highest BCUT2D eigenvalue weighted by molar-refractivity contribution is 5.88. The average molecular weight is 391 g/mol. The Bertz CT molecular complexity index is 695. The number of carbonyl (C=O) groups is 3. The SMILES string of the molecule is CC(C)(C)OC(=O)Nc1cccc(/C=N/NC(=O)CCCCCCC(=O)O)c1. The van der Waals surface area contributed by atoms with E-state index >= 15 is 0 Å². The number of hydrogen-bond acceptors (Lipinski definition) is 5. The number of ether oxygens (including phenoxy) is 1. The van der Waals surface area contributed by atoms with Crippen LogP contribution in [0.25, 0.3) is 0 Å². The standard InChI is InChI=1S/C20H29N3O5/c1-20(2,3)28-19(27)22-16-10-8-9-15(13-16)14-21-23-17(24)11-6-4-5-7-12-18(25)26/h8-10,13-14H,4-7,11-12H2,1-3H3,(H,22,27)(H,23,24)(H,25,26)/b21-14+. The van der Waals surface area contributed by atoms with E-state index in [1.165, 1.54) is 6.21 Å². The van der Waals surface area contributed by atoms with E-state index in [4.69, 9.17) is 9.84 Å². The van der Waals surface area contributed by atoms with E-state index < -0.39 is 17.7 Å². The molecule has 8 heteroatoms. The summed E-state index contributed by atoms with van der Waals surface area (Å²) < 4.78 is 5.20. The maximum atomic E-state index is 11.8. The Labute approximate surface area is 165 Å². The van der Waals surface area contributed by atoms with Crippen molar-refractivity contribution in [3.63, 3.8) is 0 Å². The molecule has 28 heavy (non-hydrogen) atoms. The number of nitrogens with zero attached hydrogens (tertiary/aromatic N) is 1. The van der Waals surface area contributed by atoms with Crippen molar-refractivity contribution in [2.24, 2.45) is 5.10 Å². The Morgan fingerprint density at radius 1 is 1.11 bits per heavy atom. The second kappa shape index (κ2) is 11.7. The van der Waals surface area contributed by atoms with Gasteiger partial charge >= 0.3 is 12.1 Å². The Morgan fingerprint density at radius 3 is 2.43 bits per heavy atom. The summed E-state index contributed by atoms with van der Waals surface area (Å²) in [6.45, 7) is 5.36. The van der Waals surface area contributed by atoms with Crippen LogP contribution in [0.3, 0.4) is 0 Å². The van der Waals surface area contributed by atoms with Gasteiger partial charge in [0.25, 0.3) is 0 Å². The summed E-state index contributed by atoms with van der Waals surface area (Å²) in [7, 11) is 0. The number of rotatable bonds is 10. The molecule has 0 bridgehead atoms. The Balaban J connectivity index is 2.35. The lowest BCUT2D eigenvalue weighted by Crippen LogP contribution is -2.27. The molecule has 3 N–H and O–H groups in total. The zero-order valence-electron chi connectivity index (χ0n) is 16.7. The van der Waals surface area contributed by atoms with Gasteiger partial charge in [0.2, 0.25) is 5.91 Å². The maximum absolute atomic E-state index is 11.8. The van der Waals surface area contributed by atoms with Gasteiger partial charge in [0.15, 0.2) is 0 Å². The highest BCUT2D eigenvalue weighted by Crippen LogP contribution is 2.13. The summed E-state index contributed by atoms with van der Waals surface area (Å²) in [5.74, 6) is -0.991. The highest BCUT2D eigenvalue weighted by atomic mass is 16.6. The van der Waals surface area contributed by atoms with Crippen LogP contribution in [0.1, 0.15) is 64.9 Å². The molecule has 0 radical (unpaired) electrons. The van der Waals surface area contributed by atoms with E-state index in [1.807, 2.05) is 0 Å². The average Bonchev–Trinajstić information content (AvgIpc) is 2.56. The fourth-order valence-corrected chi connectivity index (χ4v) is 2.27. The molecular formula is C20H29N3O5. The number of hydrazone groups is 1. The molecular weight excluding hydrogens is 362 g/mol. The number of nitrogens with one attached hydrogen (secondary N) is 2. The number of benzene rings is 1. The molecule has 1 rings (SSSR count). The lowest BCUT2D eigenvalue weighted by atomic mass is 10.1. The monoisotopic (exact) mass is 391 g/mol. The van der Waals surface area contributed by atoms with Crippen LogP contribution in [0.5, 0.6) is 0 Å². The summed E-state index contributed by atoms with van der Waals surface area (Å²) in [5, 5.41) is 15.1. The molecule has 154 valence electrons. The van der Waals surface area contributed by atoms with Gasteiger partial charge in [-0.1, -0.05) is 25.0 Å². The molecule has 0 saturated heterocycles. The number of anilines is 1. The summed E-state index contributed by atoms with van der Waals surface area (Å²) in [5.41, 5.74) is 3.15. The van der Waals surface area contributed by atoms with Crippen molar-refractivity contribution in [2.75, 3.05) is 5.32 Å². The minimum Gasteiger partial charge on any atom is -0.481 e. The number of unbranched alkanes of at least 4 members (excludes halogenated alkanes) is 3. The molecule has 1 aromatic carbocycles. The van der Waals surface area contributed by atoms with Crippen LogP contribution in [-0.4, -0.2) is 34.9 Å². The van der Waals surface area contributed by atoms with E-state index in [9.17, 15) is 14.4 Å². The topological polar surface area (TPSA) is 117 Å². The molecule has 0 aliphatic rings. The minimum atomic E-state index is -0.794. The molecule has 8 nitrogen and oxygen atoms in total. The van der Waals surface area contributed by atoms with Crippen LogP contribution in [0.2, 0.25) is 0 Å². The van der Waals surface area contributed by atoms with E-state index in [0.717, 1.165) is 12.8 Å². The number of amides is 2. The lowest BCUT2D eigenvalue weighted by Gasteiger charge is -2.19. The number of carboxylic acids is 1. The lowest BCUT2D eigenvalue weighted by molar-refractivity contribution is -0.137. The van der Waals surface area contributed by atoms with Crippen molar-refractivity contribution in [1.29, 1.82) is 0 Å². The van der Waals surface area contributed by atoms with Gasteiger partial charge in [0.1, 0.15) is 5.60 Å². The predicted octanol–water partition coefficient (Wildman–Crippen LogP) is 3.91. The summed E-state index contributed by atoms with van der Waals surface area (Å²) in [4.78, 5) is 33.9. The number of aliphatic carboxylic acids is 1. The molecule has 2 amide bonds. The molecule has 0 atom stereocenters. The smallest absolute Gasteiger partial charge is 0.412 e. The second-order valence-electron chi connectivity index (χ2n) is 7.35. The second-order valence-corrected chi connectivity index (χ2v) is 7.35. The van der Waals surface area contributed by atoms with Gasteiger partial charge in [0.05, 0.1) is 6.21 Å². The van der Waals surface area contributed by atoms with Crippen molar-refractivity contribution in [1.82, 2.24) is 5.43 Å². The fourth-order valence-electron chi connectivity index (χ4n) is 2.27. The van der Waals surface area contributed by atoms with E-state index in [1.54, 1.807) is 45.0 Å². The third kappa shape index (κ3) is 11.7. The first-order chi connectivity index (χ1) is 13.2. The molecule has 0 aliphatic carbocycles. The van der Waals surface area contributed by atoms with Gasteiger partial charge in [-0.3, -0.25) is 14.9 Å². The van der Waals surface area contributed by atoms with E-state index in [-0.39, 0.29) is 12.3 Å². The largest absolute Gasteiger partial charge is 0.481 e. The molecule has 0 spiro atoms. The molecule has 0 heterocycles. The van der Waals surface area contributed by atoms with Gasteiger partial charge in [-0.25, -0.2) is 10.2 Å². The zero-order chi connectivity index (χ0) is 21.0. The summed E-state index contributed by atoms with van der Waals surface area (Å²) in [6, 6.07) is 6.98. The maximum Gasteiger partial charge on any atom is 0.412 e.